The summed E-state index contributed by atoms with van der Waals surface area (Å²) in [7, 11) is 0. The number of carbonyl (C=O) groups is 3. The highest BCUT2D eigenvalue weighted by Crippen LogP contribution is 2.29. The van der Waals surface area contributed by atoms with Crippen molar-refractivity contribution in [2.24, 2.45) is 0 Å². The van der Waals surface area contributed by atoms with Gasteiger partial charge in [0.2, 0.25) is 5.91 Å². The predicted molar refractivity (Wildman–Crippen MR) is 139 cm³/mol. The number of hydrogen-bond donors (Lipinski definition) is 2. The standard InChI is InChI=1S/C24H27Cl2N7O4/c1-4-37-24(36)32-9-7-31(8-10-32)23(35)15(3)33-13-21(14(2)30-33)27-22(34)20-12-19(28-29-20)17-6-5-16(25)11-18(17)26/h5-6,11-13,15H,4,7-10H2,1-3H3,(H,27,34)(H,28,29). The fraction of sp³-hybridized carbons (Fsp3) is 0.375. The van der Waals surface area contributed by atoms with E-state index in [0.717, 1.165) is 0 Å². The fourth-order valence-electron chi connectivity index (χ4n) is 3.97. The number of ether oxygens (including phenoxy) is 1. The molecule has 3 heterocycles. The number of hydrogen-bond acceptors (Lipinski definition) is 6. The largest absolute Gasteiger partial charge is 0.450 e. The van der Waals surface area contributed by atoms with Gasteiger partial charge in [0.15, 0.2) is 0 Å². The minimum absolute atomic E-state index is 0.123. The second kappa shape index (κ2) is 11.2. The quantitative estimate of drug-likeness (QED) is 0.480. The molecule has 13 heteroatoms. The van der Waals surface area contributed by atoms with Crippen LogP contribution in [0.4, 0.5) is 10.5 Å². The van der Waals surface area contributed by atoms with Gasteiger partial charge in [-0.2, -0.15) is 10.2 Å². The van der Waals surface area contributed by atoms with E-state index in [1.165, 1.54) is 4.68 Å². The molecule has 0 aliphatic carbocycles. The Morgan fingerprint density at radius 3 is 2.51 bits per heavy atom. The van der Waals surface area contributed by atoms with Crippen LogP contribution >= 0.6 is 23.2 Å². The van der Waals surface area contributed by atoms with Gasteiger partial charge in [-0.05, 0) is 45.0 Å². The van der Waals surface area contributed by atoms with Gasteiger partial charge in [-0.25, -0.2) is 4.79 Å². The molecular formula is C24H27Cl2N7O4. The van der Waals surface area contributed by atoms with Crippen LogP contribution in [0.1, 0.15) is 36.1 Å². The van der Waals surface area contributed by atoms with Crippen molar-refractivity contribution >= 4 is 46.8 Å². The summed E-state index contributed by atoms with van der Waals surface area (Å²) in [4.78, 5) is 41.1. The summed E-state index contributed by atoms with van der Waals surface area (Å²) in [5, 5.41) is 15.1. The number of anilines is 1. The second-order valence-electron chi connectivity index (χ2n) is 8.54. The number of aromatic nitrogens is 4. The van der Waals surface area contributed by atoms with Crippen molar-refractivity contribution in [3.8, 4) is 11.3 Å². The van der Waals surface area contributed by atoms with Gasteiger partial charge in [0.1, 0.15) is 11.7 Å². The Kier molecular flexibility index (Phi) is 8.03. The van der Waals surface area contributed by atoms with Crippen molar-refractivity contribution in [3.63, 3.8) is 0 Å². The number of nitrogens with zero attached hydrogens (tertiary/aromatic N) is 5. The fourth-order valence-corrected chi connectivity index (χ4v) is 4.47. The van der Waals surface area contributed by atoms with Crippen LogP contribution in [0.5, 0.6) is 0 Å². The van der Waals surface area contributed by atoms with E-state index in [0.29, 0.717) is 65.5 Å². The Morgan fingerprint density at radius 2 is 1.84 bits per heavy atom. The van der Waals surface area contributed by atoms with E-state index in [2.05, 4.69) is 20.6 Å². The number of aryl methyl sites for hydroxylation is 1. The third-order valence-corrected chi connectivity index (χ3v) is 6.61. The van der Waals surface area contributed by atoms with E-state index < -0.39 is 11.9 Å². The highest BCUT2D eigenvalue weighted by molar-refractivity contribution is 6.36. The average molecular weight is 548 g/mol. The maximum absolute atomic E-state index is 13.1. The molecule has 1 aliphatic rings. The van der Waals surface area contributed by atoms with Gasteiger partial charge >= 0.3 is 6.09 Å². The van der Waals surface area contributed by atoms with Crippen LogP contribution in [0, 0.1) is 6.92 Å². The number of H-pyrrole nitrogens is 1. The number of halogens is 2. The molecule has 37 heavy (non-hydrogen) atoms. The SMILES string of the molecule is CCOC(=O)N1CCN(C(=O)C(C)n2cc(NC(=O)c3cc(-c4ccc(Cl)cc4Cl)n[nH]3)c(C)n2)CC1. The van der Waals surface area contributed by atoms with E-state index in [1.807, 2.05) is 0 Å². The molecule has 0 saturated carbocycles. The molecule has 2 aromatic heterocycles. The van der Waals surface area contributed by atoms with Crippen LogP contribution in [0.3, 0.4) is 0 Å². The molecule has 2 N–H and O–H groups in total. The van der Waals surface area contributed by atoms with Crippen molar-refractivity contribution in [2.45, 2.75) is 26.8 Å². The van der Waals surface area contributed by atoms with Crippen LogP contribution in [-0.4, -0.2) is 80.5 Å². The number of carbonyl (C=O) groups excluding carboxylic acids is 3. The van der Waals surface area contributed by atoms with Crippen LogP contribution in [0.25, 0.3) is 11.3 Å². The Bertz CT molecular complexity index is 1310. The van der Waals surface area contributed by atoms with E-state index in [4.69, 9.17) is 27.9 Å². The van der Waals surface area contributed by atoms with Crippen molar-refractivity contribution in [1.82, 2.24) is 29.8 Å². The first kappa shape index (κ1) is 26.5. The minimum Gasteiger partial charge on any atom is -0.450 e. The summed E-state index contributed by atoms with van der Waals surface area (Å²) in [5.74, 6) is -0.539. The molecule has 0 radical (unpaired) electrons. The molecule has 0 spiro atoms. The molecular weight excluding hydrogens is 521 g/mol. The van der Waals surface area contributed by atoms with E-state index in [9.17, 15) is 14.4 Å². The van der Waals surface area contributed by atoms with E-state index >= 15 is 0 Å². The minimum atomic E-state index is -0.593. The van der Waals surface area contributed by atoms with Crippen LogP contribution < -0.4 is 5.32 Å². The molecule has 1 aliphatic heterocycles. The van der Waals surface area contributed by atoms with Gasteiger partial charge in [0, 0.05) is 43.0 Å². The number of amides is 3. The number of nitrogens with one attached hydrogen (secondary N) is 2. The lowest BCUT2D eigenvalue weighted by Gasteiger charge is -2.35. The van der Waals surface area contributed by atoms with Gasteiger partial charge in [0.25, 0.3) is 5.91 Å². The van der Waals surface area contributed by atoms with Gasteiger partial charge in [-0.1, -0.05) is 23.2 Å². The summed E-state index contributed by atoms with van der Waals surface area (Å²) >= 11 is 12.2. The van der Waals surface area contributed by atoms with Gasteiger partial charge in [0.05, 0.1) is 28.7 Å². The molecule has 1 aromatic carbocycles. The molecule has 3 aromatic rings. The average Bonchev–Trinajstić information content (AvgIpc) is 3.51. The second-order valence-corrected chi connectivity index (χ2v) is 9.38. The van der Waals surface area contributed by atoms with Gasteiger partial charge in [-0.15, -0.1) is 0 Å². The zero-order chi connectivity index (χ0) is 26.7. The summed E-state index contributed by atoms with van der Waals surface area (Å²) < 4.78 is 6.55. The number of benzene rings is 1. The molecule has 196 valence electrons. The molecule has 4 rings (SSSR count). The third-order valence-electron chi connectivity index (χ3n) is 6.07. The Hall–Kier alpha value is -3.57. The number of piperazine rings is 1. The summed E-state index contributed by atoms with van der Waals surface area (Å²) in [6.07, 6.45) is 1.25. The summed E-state index contributed by atoms with van der Waals surface area (Å²) in [6, 6.07) is 6.02. The first-order valence-electron chi connectivity index (χ1n) is 11.8. The van der Waals surface area contributed by atoms with E-state index in [-0.39, 0.29) is 17.7 Å². The maximum atomic E-state index is 13.1. The van der Waals surface area contributed by atoms with Crippen molar-refractivity contribution < 1.29 is 19.1 Å². The normalized spacial score (nSPS) is 14.4. The lowest BCUT2D eigenvalue weighted by Crippen LogP contribution is -2.52. The lowest BCUT2D eigenvalue weighted by molar-refractivity contribution is -0.136. The zero-order valence-electron chi connectivity index (χ0n) is 20.6. The molecule has 1 unspecified atom stereocenters. The third kappa shape index (κ3) is 5.89. The monoisotopic (exact) mass is 547 g/mol. The predicted octanol–water partition coefficient (Wildman–Crippen LogP) is 4.00. The highest BCUT2D eigenvalue weighted by Gasteiger charge is 2.29. The number of rotatable bonds is 6. The molecule has 1 atom stereocenters. The summed E-state index contributed by atoms with van der Waals surface area (Å²) in [5.41, 5.74) is 2.40. The van der Waals surface area contributed by atoms with Crippen LogP contribution in [0.2, 0.25) is 10.0 Å². The first-order chi connectivity index (χ1) is 17.7. The Balaban J connectivity index is 1.39. The smallest absolute Gasteiger partial charge is 0.409 e. The maximum Gasteiger partial charge on any atom is 0.409 e. The van der Waals surface area contributed by atoms with Gasteiger partial charge in [-0.3, -0.25) is 19.4 Å². The Morgan fingerprint density at radius 1 is 1.14 bits per heavy atom. The van der Waals surface area contributed by atoms with E-state index in [1.54, 1.807) is 61.0 Å². The van der Waals surface area contributed by atoms with Crippen molar-refractivity contribution in [3.05, 3.63) is 51.9 Å². The summed E-state index contributed by atoms with van der Waals surface area (Å²) in [6.45, 7) is 7.18. The topological polar surface area (TPSA) is 125 Å². The molecule has 11 nitrogen and oxygen atoms in total. The van der Waals surface area contributed by atoms with Crippen LogP contribution in [-0.2, 0) is 9.53 Å². The van der Waals surface area contributed by atoms with Crippen molar-refractivity contribution in [2.75, 3.05) is 38.1 Å². The molecule has 1 saturated heterocycles. The molecule has 3 amide bonds. The molecule has 1 fully saturated rings. The van der Waals surface area contributed by atoms with Crippen LogP contribution in [0.15, 0.2) is 30.5 Å². The van der Waals surface area contributed by atoms with Gasteiger partial charge < -0.3 is 19.9 Å². The molecule has 0 bridgehead atoms. The van der Waals surface area contributed by atoms with Crippen molar-refractivity contribution in [1.29, 1.82) is 0 Å². The zero-order valence-corrected chi connectivity index (χ0v) is 22.1. The number of aromatic amines is 1. The first-order valence-corrected chi connectivity index (χ1v) is 12.5. The lowest BCUT2D eigenvalue weighted by atomic mass is 10.1. The highest BCUT2D eigenvalue weighted by atomic mass is 35.5. The Labute approximate surface area is 223 Å².